The Morgan fingerprint density at radius 1 is 1.33 bits per heavy atom. The van der Waals surface area contributed by atoms with Gasteiger partial charge in [0, 0.05) is 18.4 Å². The van der Waals surface area contributed by atoms with Crippen LogP contribution in [0.25, 0.3) is 0 Å². The van der Waals surface area contributed by atoms with Crippen LogP contribution in [0.5, 0.6) is 0 Å². The van der Waals surface area contributed by atoms with E-state index in [9.17, 15) is 4.39 Å². The number of rotatable bonds is 3. The molecule has 0 aliphatic heterocycles. The highest BCUT2D eigenvalue weighted by Crippen LogP contribution is 2.20. The number of pyridine rings is 1. The highest BCUT2D eigenvalue weighted by Gasteiger charge is 2.09. The van der Waals surface area contributed by atoms with Crippen molar-refractivity contribution in [2.75, 3.05) is 0 Å². The van der Waals surface area contributed by atoms with Crippen LogP contribution in [0.15, 0.2) is 36.7 Å². The van der Waals surface area contributed by atoms with Crippen LogP contribution in [-0.4, -0.2) is 4.98 Å². The Balaban J connectivity index is 2.16. The molecule has 0 aliphatic rings. The maximum Gasteiger partial charge on any atom is 0.142 e. The van der Waals surface area contributed by atoms with Crippen molar-refractivity contribution in [2.45, 2.75) is 19.4 Å². The molecular formula is C14H14ClFN2. The van der Waals surface area contributed by atoms with Crippen molar-refractivity contribution < 1.29 is 4.39 Å². The smallest absolute Gasteiger partial charge is 0.142 e. The minimum Gasteiger partial charge on any atom is -0.324 e. The topological polar surface area (TPSA) is 38.9 Å². The Labute approximate surface area is 111 Å². The van der Waals surface area contributed by atoms with Crippen molar-refractivity contribution in [3.63, 3.8) is 0 Å². The van der Waals surface area contributed by atoms with Crippen LogP contribution in [0.1, 0.15) is 22.7 Å². The summed E-state index contributed by atoms with van der Waals surface area (Å²) in [6.45, 7) is 1.96. The molecule has 1 aromatic carbocycles. The van der Waals surface area contributed by atoms with Crippen LogP contribution < -0.4 is 5.73 Å². The molecule has 1 heterocycles. The van der Waals surface area contributed by atoms with E-state index in [1.54, 1.807) is 24.5 Å². The van der Waals surface area contributed by atoms with Gasteiger partial charge >= 0.3 is 0 Å². The summed E-state index contributed by atoms with van der Waals surface area (Å²) in [6.07, 6.45) is 4.07. The summed E-state index contributed by atoms with van der Waals surface area (Å²) in [7, 11) is 0. The molecule has 94 valence electrons. The fourth-order valence-corrected chi connectivity index (χ4v) is 1.94. The summed E-state index contributed by atoms with van der Waals surface area (Å²) in [4.78, 5) is 4.10. The van der Waals surface area contributed by atoms with Crippen LogP contribution in [0.4, 0.5) is 4.39 Å². The predicted molar refractivity (Wildman–Crippen MR) is 71.0 cm³/mol. The largest absolute Gasteiger partial charge is 0.324 e. The maximum absolute atomic E-state index is 13.3. The molecule has 2 nitrogen and oxygen atoms in total. The molecule has 0 amide bonds. The molecule has 0 spiro atoms. The van der Waals surface area contributed by atoms with E-state index in [-0.39, 0.29) is 11.1 Å². The molecule has 1 atom stereocenters. The van der Waals surface area contributed by atoms with Crippen LogP contribution in [-0.2, 0) is 6.42 Å². The van der Waals surface area contributed by atoms with Gasteiger partial charge in [-0.2, -0.15) is 0 Å². The van der Waals surface area contributed by atoms with Crippen LogP contribution in [0.3, 0.4) is 0 Å². The molecule has 0 bridgehead atoms. The molecule has 2 aromatic rings. The Morgan fingerprint density at radius 3 is 2.78 bits per heavy atom. The lowest BCUT2D eigenvalue weighted by atomic mass is 10.0. The number of hydrogen-bond acceptors (Lipinski definition) is 2. The molecule has 0 aliphatic carbocycles. The van der Waals surface area contributed by atoms with E-state index >= 15 is 0 Å². The van der Waals surface area contributed by atoms with Crippen molar-refractivity contribution in [1.82, 2.24) is 4.98 Å². The van der Waals surface area contributed by atoms with Crippen molar-refractivity contribution in [1.29, 1.82) is 0 Å². The third-order valence-corrected chi connectivity index (χ3v) is 3.07. The number of aryl methyl sites for hydroxylation is 1. The van der Waals surface area contributed by atoms with Gasteiger partial charge in [-0.05, 0) is 42.2 Å². The van der Waals surface area contributed by atoms with E-state index in [4.69, 9.17) is 17.3 Å². The minimum absolute atomic E-state index is 0.129. The summed E-state index contributed by atoms with van der Waals surface area (Å²) in [6, 6.07) is 6.55. The third-order valence-electron chi connectivity index (χ3n) is 2.76. The molecule has 4 heteroatoms. The molecule has 0 fully saturated rings. The van der Waals surface area contributed by atoms with Gasteiger partial charge in [-0.15, -0.1) is 0 Å². The number of benzene rings is 1. The van der Waals surface area contributed by atoms with Gasteiger partial charge < -0.3 is 5.73 Å². The first kappa shape index (κ1) is 13.0. The number of nitrogens with zero attached hydrogens (tertiary/aromatic N) is 1. The Morgan fingerprint density at radius 2 is 2.11 bits per heavy atom. The van der Waals surface area contributed by atoms with E-state index in [2.05, 4.69) is 4.98 Å². The van der Waals surface area contributed by atoms with Crippen LogP contribution in [0.2, 0.25) is 5.02 Å². The van der Waals surface area contributed by atoms with E-state index < -0.39 is 5.82 Å². The monoisotopic (exact) mass is 264 g/mol. The van der Waals surface area contributed by atoms with Crippen molar-refractivity contribution >= 4 is 11.6 Å². The van der Waals surface area contributed by atoms with Crippen molar-refractivity contribution in [3.05, 3.63) is 64.2 Å². The predicted octanol–water partition coefficient (Wildman–Crippen LogP) is 3.43. The Hall–Kier alpha value is -1.45. The van der Waals surface area contributed by atoms with Crippen molar-refractivity contribution in [2.24, 2.45) is 5.73 Å². The zero-order chi connectivity index (χ0) is 13.1. The Bertz CT molecular complexity index is 557. The van der Waals surface area contributed by atoms with Crippen LogP contribution >= 0.6 is 11.6 Å². The van der Waals surface area contributed by atoms with E-state index in [1.807, 2.05) is 13.0 Å². The highest BCUT2D eigenvalue weighted by molar-refractivity contribution is 6.30. The molecule has 1 unspecified atom stereocenters. The second kappa shape index (κ2) is 5.46. The van der Waals surface area contributed by atoms with Gasteiger partial charge in [0.15, 0.2) is 0 Å². The summed E-state index contributed by atoms with van der Waals surface area (Å²) < 4.78 is 13.3. The van der Waals surface area contributed by atoms with Gasteiger partial charge in [0.05, 0.1) is 5.02 Å². The van der Waals surface area contributed by atoms with E-state index in [0.717, 1.165) is 16.7 Å². The first-order chi connectivity index (χ1) is 8.56. The molecule has 0 saturated heterocycles. The Kier molecular flexibility index (Phi) is 3.94. The second-order valence-corrected chi connectivity index (χ2v) is 4.76. The van der Waals surface area contributed by atoms with Gasteiger partial charge in [0.2, 0.25) is 0 Å². The van der Waals surface area contributed by atoms with Gasteiger partial charge in [-0.3, -0.25) is 4.98 Å². The van der Waals surface area contributed by atoms with Crippen LogP contribution in [0, 0.1) is 12.7 Å². The number of hydrogen-bond donors (Lipinski definition) is 1. The lowest BCUT2D eigenvalue weighted by Gasteiger charge is -2.12. The average Bonchev–Trinajstić information content (AvgIpc) is 2.34. The average molecular weight is 265 g/mol. The summed E-state index contributed by atoms with van der Waals surface area (Å²) in [5.74, 6) is -0.413. The molecule has 2 N–H and O–H groups in total. The molecule has 1 aromatic heterocycles. The minimum atomic E-state index is -0.413. The first-order valence-corrected chi connectivity index (χ1v) is 6.05. The van der Waals surface area contributed by atoms with Gasteiger partial charge in [0.1, 0.15) is 5.82 Å². The lowest BCUT2D eigenvalue weighted by molar-refractivity contribution is 0.622. The van der Waals surface area contributed by atoms with E-state index in [1.165, 1.54) is 6.07 Å². The zero-order valence-electron chi connectivity index (χ0n) is 10.0. The second-order valence-electron chi connectivity index (χ2n) is 4.35. The molecule has 2 rings (SSSR count). The standard InChI is InChI=1S/C14H14ClFN2/c1-9-4-11(8-18-7-9)14(17)6-10-2-3-12(15)13(16)5-10/h2-5,7-8,14H,6,17H2,1H3. The summed E-state index contributed by atoms with van der Waals surface area (Å²) in [5.41, 5.74) is 8.92. The molecular weight excluding hydrogens is 251 g/mol. The molecule has 0 radical (unpaired) electrons. The van der Waals surface area contributed by atoms with Gasteiger partial charge in [0.25, 0.3) is 0 Å². The van der Waals surface area contributed by atoms with Gasteiger partial charge in [-0.25, -0.2) is 4.39 Å². The van der Waals surface area contributed by atoms with E-state index in [0.29, 0.717) is 6.42 Å². The third kappa shape index (κ3) is 3.06. The summed E-state index contributed by atoms with van der Waals surface area (Å²) >= 11 is 5.64. The number of aromatic nitrogens is 1. The normalized spacial score (nSPS) is 12.4. The van der Waals surface area contributed by atoms with Gasteiger partial charge in [-0.1, -0.05) is 23.7 Å². The molecule has 0 saturated carbocycles. The maximum atomic E-state index is 13.3. The number of halogens is 2. The SMILES string of the molecule is Cc1cncc(C(N)Cc2ccc(Cl)c(F)c2)c1. The summed E-state index contributed by atoms with van der Waals surface area (Å²) in [5, 5.41) is 0.129. The fourth-order valence-electron chi connectivity index (χ4n) is 1.82. The fraction of sp³-hybridized carbons (Fsp3) is 0.214. The lowest BCUT2D eigenvalue weighted by Crippen LogP contribution is -2.14. The first-order valence-electron chi connectivity index (χ1n) is 5.67. The number of nitrogens with two attached hydrogens (primary N) is 1. The quantitative estimate of drug-likeness (QED) is 0.923. The zero-order valence-corrected chi connectivity index (χ0v) is 10.8. The van der Waals surface area contributed by atoms with Crippen molar-refractivity contribution in [3.8, 4) is 0 Å². The highest BCUT2D eigenvalue weighted by atomic mass is 35.5. The molecule has 18 heavy (non-hydrogen) atoms.